The van der Waals surface area contributed by atoms with Crippen LogP contribution in [-0.2, 0) is 11.3 Å². The Kier molecular flexibility index (Phi) is 6.32. The van der Waals surface area contributed by atoms with E-state index in [0.717, 1.165) is 0 Å². The van der Waals surface area contributed by atoms with Gasteiger partial charge in [0.05, 0.1) is 20.9 Å². The van der Waals surface area contributed by atoms with Crippen molar-refractivity contribution in [2.45, 2.75) is 37.7 Å². The predicted octanol–water partition coefficient (Wildman–Crippen LogP) is 3.01. The lowest BCUT2D eigenvalue weighted by atomic mass is 10.2. The van der Waals surface area contributed by atoms with Crippen LogP contribution in [0.15, 0.2) is 23.4 Å². The number of hydrogen-bond acceptors (Lipinski definition) is 7. The van der Waals surface area contributed by atoms with Crippen molar-refractivity contribution in [2.75, 3.05) is 5.32 Å². The van der Waals surface area contributed by atoms with Crippen LogP contribution in [0.1, 0.15) is 20.8 Å². The first-order valence-electron chi connectivity index (χ1n) is 7.45. The van der Waals surface area contributed by atoms with Gasteiger partial charge in [0.1, 0.15) is 0 Å². The first kappa shape index (κ1) is 19.1. The molecule has 134 valence electrons. The summed E-state index contributed by atoms with van der Waals surface area (Å²) < 4.78 is 1.65. The molecule has 1 N–H and O–H groups in total. The summed E-state index contributed by atoms with van der Waals surface area (Å²) in [5, 5.41) is 25.0. The highest BCUT2D eigenvalue weighted by Gasteiger charge is 2.20. The van der Waals surface area contributed by atoms with Crippen molar-refractivity contribution in [1.29, 1.82) is 0 Å². The maximum Gasteiger partial charge on any atom is 0.271 e. The number of benzene rings is 1. The van der Waals surface area contributed by atoms with E-state index >= 15 is 0 Å². The van der Waals surface area contributed by atoms with Gasteiger partial charge in [-0.1, -0.05) is 37.2 Å². The third kappa shape index (κ3) is 5.13. The van der Waals surface area contributed by atoms with Crippen molar-refractivity contribution in [3.8, 4) is 0 Å². The first-order chi connectivity index (χ1) is 11.8. The van der Waals surface area contributed by atoms with E-state index in [0.29, 0.717) is 23.3 Å². The maximum atomic E-state index is 12.3. The van der Waals surface area contributed by atoms with Crippen molar-refractivity contribution >= 4 is 40.6 Å². The smallest absolute Gasteiger partial charge is 0.271 e. The van der Waals surface area contributed by atoms with Gasteiger partial charge in [0.2, 0.25) is 11.1 Å². The average molecular weight is 385 g/mol. The van der Waals surface area contributed by atoms with E-state index < -0.39 is 10.2 Å². The van der Waals surface area contributed by atoms with E-state index in [1.807, 2.05) is 13.8 Å². The number of carbonyl (C=O) groups is 1. The second kappa shape index (κ2) is 8.26. The Morgan fingerprint density at radius 1 is 1.44 bits per heavy atom. The number of non-ortho nitro benzene ring substituents is 1. The van der Waals surface area contributed by atoms with Crippen LogP contribution in [0.4, 0.5) is 11.4 Å². The van der Waals surface area contributed by atoms with E-state index in [2.05, 4.69) is 20.8 Å². The monoisotopic (exact) mass is 384 g/mol. The predicted molar refractivity (Wildman–Crippen MR) is 94.7 cm³/mol. The quantitative estimate of drug-likeness (QED) is 0.443. The van der Waals surface area contributed by atoms with Crippen molar-refractivity contribution < 1.29 is 9.72 Å². The number of rotatable bonds is 7. The molecule has 0 saturated heterocycles. The van der Waals surface area contributed by atoms with Crippen LogP contribution in [0.5, 0.6) is 0 Å². The molecule has 1 amide bonds. The number of nitrogens with zero attached hydrogens (tertiary/aromatic N) is 5. The number of nitro benzene ring substituents is 1. The van der Waals surface area contributed by atoms with Crippen molar-refractivity contribution in [3.63, 3.8) is 0 Å². The highest BCUT2D eigenvalue weighted by Crippen LogP contribution is 2.28. The lowest BCUT2D eigenvalue weighted by molar-refractivity contribution is -0.384. The lowest BCUT2D eigenvalue weighted by Gasteiger charge is -2.13. The van der Waals surface area contributed by atoms with Crippen molar-refractivity contribution in [1.82, 2.24) is 20.2 Å². The van der Waals surface area contributed by atoms with Gasteiger partial charge in [-0.3, -0.25) is 14.9 Å². The minimum atomic E-state index is -0.551. The number of hydrogen-bond donors (Lipinski definition) is 1. The fraction of sp³-hybridized carbons (Fsp3) is 0.429. The van der Waals surface area contributed by atoms with Crippen molar-refractivity contribution in [3.05, 3.63) is 33.3 Å². The second-order valence-corrected chi connectivity index (χ2v) is 7.42. The van der Waals surface area contributed by atoms with Crippen LogP contribution in [-0.4, -0.2) is 36.3 Å². The van der Waals surface area contributed by atoms with Crippen LogP contribution in [0, 0.1) is 16.0 Å². The normalized spacial score (nSPS) is 12.2. The van der Waals surface area contributed by atoms with Gasteiger partial charge >= 0.3 is 0 Å². The van der Waals surface area contributed by atoms with E-state index in [1.165, 1.54) is 30.0 Å². The van der Waals surface area contributed by atoms with E-state index in [1.54, 1.807) is 11.6 Å². The zero-order valence-corrected chi connectivity index (χ0v) is 15.4. The number of aromatic nitrogens is 4. The zero-order valence-electron chi connectivity index (χ0n) is 13.8. The van der Waals surface area contributed by atoms with E-state index in [9.17, 15) is 14.9 Å². The number of anilines is 1. The molecule has 0 aliphatic carbocycles. The molecule has 0 aliphatic rings. The van der Waals surface area contributed by atoms with Gasteiger partial charge in [0.15, 0.2) is 0 Å². The number of halogens is 1. The molecule has 1 heterocycles. The lowest BCUT2D eigenvalue weighted by Crippen LogP contribution is -2.23. The molecule has 25 heavy (non-hydrogen) atoms. The SMILES string of the molecule is CC(C)Cn1nnnc1SC(C)C(=O)Nc1ccc([N+](=O)[O-])cc1Cl. The summed E-state index contributed by atoms with van der Waals surface area (Å²) in [6.07, 6.45) is 0. The van der Waals surface area contributed by atoms with Crippen LogP contribution in [0.25, 0.3) is 0 Å². The van der Waals surface area contributed by atoms with Crippen LogP contribution < -0.4 is 5.32 Å². The molecule has 11 heteroatoms. The Morgan fingerprint density at radius 3 is 2.76 bits per heavy atom. The van der Waals surface area contributed by atoms with Crippen molar-refractivity contribution in [2.24, 2.45) is 5.92 Å². The summed E-state index contributed by atoms with van der Waals surface area (Å²) in [4.78, 5) is 22.5. The third-order valence-electron chi connectivity index (χ3n) is 3.11. The summed E-state index contributed by atoms with van der Waals surface area (Å²) in [5.74, 6) is 0.0609. The molecule has 0 fully saturated rings. The molecule has 0 radical (unpaired) electrons. The molecule has 1 unspecified atom stereocenters. The summed E-state index contributed by atoms with van der Waals surface area (Å²) in [6.45, 7) is 6.46. The number of nitrogens with one attached hydrogen (secondary N) is 1. The fourth-order valence-corrected chi connectivity index (χ4v) is 2.93. The summed E-state index contributed by atoms with van der Waals surface area (Å²) in [6, 6.07) is 3.87. The number of carbonyl (C=O) groups excluding carboxylic acids is 1. The Hall–Kier alpha value is -2.20. The minimum Gasteiger partial charge on any atom is -0.324 e. The molecule has 1 aromatic heterocycles. The molecule has 0 aliphatic heterocycles. The van der Waals surface area contributed by atoms with Gasteiger partial charge in [-0.2, -0.15) is 0 Å². The molecule has 2 aromatic rings. The second-order valence-electron chi connectivity index (χ2n) is 5.71. The van der Waals surface area contributed by atoms with Gasteiger partial charge < -0.3 is 5.32 Å². The third-order valence-corrected chi connectivity index (χ3v) is 4.49. The molecule has 9 nitrogen and oxygen atoms in total. The molecule has 1 atom stereocenters. The molecule has 0 spiro atoms. The molecule has 2 rings (SSSR count). The largest absolute Gasteiger partial charge is 0.324 e. The van der Waals surface area contributed by atoms with Crippen LogP contribution in [0.3, 0.4) is 0 Å². The number of thioether (sulfide) groups is 1. The summed E-state index contributed by atoms with van der Waals surface area (Å²) in [5.41, 5.74) is 0.171. The maximum absolute atomic E-state index is 12.3. The van der Waals surface area contributed by atoms with Gasteiger partial charge in [-0.05, 0) is 29.3 Å². The molecule has 0 bridgehead atoms. The first-order valence-corrected chi connectivity index (χ1v) is 8.71. The zero-order chi connectivity index (χ0) is 18.6. The number of amides is 1. The summed E-state index contributed by atoms with van der Waals surface area (Å²) >= 11 is 7.21. The van der Waals surface area contributed by atoms with Gasteiger partial charge in [0.25, 0.3) is 5.69 Å². The van der Waals surface area contributed by atoms with E-state index in [4.69, 9.17) is 11.6 Å². The standard InChI is InChI=1S/C14H17ClN6O3S/c1-8(2)7-20-14(17-18-19-20)25-9(3)13(22)16-12-5-4-10(21(23)24)6-11(12)15/h4-6,8-9H,7H2,1-3H3,(H,16,22). The van der Waals surface area contributed by atoms with Crippen LogP contribution >= 0.6 is 23.4 Å². The highest BCUT2D eigenvalue weighted by atomic mass is 35.5. The van der Waals surface area contributed by atoms with Gasteiger partial charge in [0, 0.05) is 18.7 Å². The topological polar surface area (TPSA) is 116 Å². The molecular formula is C14H17ClN6O3S. The molecular weight excluding hydrogens is 368 g/mol. The Labute approximate surface area is 153 Å². The highest BCUT2D eigenvalue weighted by molar-refractivity contribution is 8.00. The minimum absolute atomic E-state index is 0.101. The number of tetrazole rings is 1. The fourth-order valence-electron chi connectivity index (χ4n) is 1.91. The van der Waals surface area contributed by atoms with Crippen LogP contribution in [0.2, 0.25) is 5.02 Å². The Bertz CT molecular complexity index is 782. The molecule has 0 saturated carbocycles. The Balaban J connectivity index is 2.04. The average Bonchev–Trinajstić information content (AvgIpc) is 2.95. The van der Waals surface area contributed by atoms with Gasteiger partial charge in [-0.25, -0.2) is 4.68 Å². The van der Waals surface area contributed by atoms with Gasteiger partial charge in [-0.15, -0.1) is 5.10 Å². The summed E-state index contributed by atoms with van der Waals surface area (Å²) in [7, 11) is 0. The van der Waals surface area contributed by atoms with E-state index in [-0.39, 0.29) is 16.6 Å². The Morgan fingerprint density at radius 2 is 2.16 bits per heavy atom. The molecule has 1 aromatic carbocycles. The number of nitro groups is 1.